The number of urea groups is 1. The second kappa shape index (κ2) is 8.78. The van der Waals surface area contributed by atoms with Gasteiger partial charge in [-0.05, 0) is 31.4 Å². The lowest BCUT2D eigenvalue weighted by Gasteiger charge is -2.20. The number of likely N-dealkylation sites (tertiary alicyclic amines) is 1. The normalized spacial score (nSPS) is 15.4. The van der Waals surface area contributed by atoms with Crippen LogP contribution >= 0.6 is 11.6 Å². The summed E-state index contributed by atoms with van der Waals surface area (Å²) in [5.74, 6) is 0.693. The SMILES string of the molecule is O=C(NCCCOc1ccccc1Cl)N1CCCCCC1. The fourth-order valence-corrected chi connectivity index (χ4v) is 2.59. The number of para-hydroxylation sites is 1. The third-order valence-corrected chi connectivity index (χ3v) is 3.90. The highest BCUT2D eigenvalue weighted by Crippen LogP contribution is 2.22. The Labute approximate surface area is 131 Å². The number of benzene rings is 1. The molecule has 1 aromatic rings. The summed E-state index contributed by atoms with van der Waals surface area (Å²) in [5, 5.41) is 3.57. The number of nitrogens with one attached hydrogen (secondary N) is 1. The van der Waals surface area contributed by atoms with Crippen molar-refractivity contribution >= 4 is 17.6 Å². The smallest absolute Gasteiger partial charge is 0.317 e. The third-order valence-electron chi connectivity index (χ3n) is 3.58. The summed E-state index contributed by atoms with van der Waals surface area (Å²) in [6.07, 6.45) is 5.46. The van der Waals surface area contributed by atoms with Gasteiger partial charge in [-0.15, -0.1) is 0 Å². The molecule has 0 atom stereocenters. The topological polar surface area (TPSA) is 41.6 Å². The van der Waals surface area contributed by atoms with Crippen LogP contribution in [0.4, 0.5) is 4.79 Å². The molecule has 0 aliphatic carbocycles. The quantitative estimate of drug-likeness (QED) is 0.843. The minimum Gasteiger partial charge on any atom is -0.492 e. The first kappa shape index (κ1) is 16.0. The van der Waals surface area contributed by atoms with Gasteiger partial charge in [0, 0.05) is 19.6 Å². The number of nitrogens with zero attached hydrogens (tertiary/aromatic N) is 1. The Hall–Kier alpha value is -1.42. The molecular formula is C16H23ClN2O2. The monoisotopic (exact) mass is 310 g/mol. The molecule has 0 unspecified atom stereocenters. The van der Waals surface area contributed by atoms with E-state index in [-0.39, 0.29) is 6.03 Å². The maximum Gasteiger partial charge on any atom is 0.317 e. The molecule has 1 aromatic carbocycles. The van der Waals surface area contributed by atoms with Crippen LogP contribution in [-0.2, 0) is 0 Å². The van der Waals surface area contributed by atoms with Crippen LogP contribution in [0.1, 0.15) is 32.1 Å². The van der Waals surface area contributed by atoms with E-state index in [1.165, 1.54) is 12.8 Å². The van der Waals surface area contributed by atoms with Gasteiger partial charge in [-0.25, -0.2) is 4.79 Å². The van der Waals surface area contributed by atoms with E-state index in [1.54, 1.807) is 6.07 Å². The van der Waals surface area contributed by atoms with E-state index < -0.39 is 0 Å². The Morgan fingerprint density at radius 3 is 2.62 bits per heavy atom. The molecule has 0 bridgehead atoms. The van der Waals surface area contributed by atoms with Crippen LogP contribution in [0.3, 0.4) is 0 Å². The zero-order valence-electron chi connectivity index (χ0n) is 12.3. The molecule has 1 fully saturated rings. The highest BCUT2D eigenvalue weighted by atomic mass is 35.5. The first-order chi connectivity index (χ1) is 10.3. The summed E-state index contributed by atoms with van der Waals surface area (Å²) in [6, 6.07) is 7.46. The van der Waals surface area contributed by atoms with Gasteiger partial charge in [-0.3, -0.25) is 0 Å². The lowest BCUT2D eigenvalue weighted by atomic mass is 10.2. The van der Waals surface area contributed by atoms with E-state index in [0.29, 0.717) is 23.9 Å². The van der Waals surface area contributed by atoms with Gasteiger partial charge >= 0.3 is 6.03 Å². The lowest BCUT2D eigenvalue weighted by Crippen LogP contribution is -2.41. The summed E-state index contributed by atoms with van der Waals surface area (Å²) in [6.45, 7) is 2.92. The number of carbonyl (C=O) groups excluding carboxylic acids is 1. The van der Waals surface area contributed by atoms with Crippen molar-refractivity contribution in [1.82, 2.24) is 10.2 Å². The highest BCUT2D eigenvalue weighted by Gasteiger charge is 2.14. The minimum absolute atomic E-state index is 0.0506. The Kier molecular flexibility index (Phi) is 6.67. The number of rotatable bonds is 5. The zero-order valence-corrected chi connectivity index (χ0v) is 13.1. The molecule has 1 heterocycles. The second-order valence-corrected chi connectivity index (χ2v) is 5.67. The molecule has 1 aliphatic rings. The molecule has 0 aromatic heterocycles. The molecule has 1 saturated heterocycles. The van der Waals surface area contributed by atoms with Gasteiger partial charge in [0.1, 0.15) is 5.75 Å². The average molecular weight is 311 g/mol. The number of carbonyl (C=O) groups is 1. The number of halogens is 1. The van der Waals surface area contributed by atoms with Gasteiger partial charge < -0.3 is 15.0 Å². The third kappa shape index (κ3) is 5.46. The van der Waals surface area contributed by atoms with Crippen molar-refractivity contribution in [2.45, 2.75) is 32.1 Å². The van der Waals surface area contributed by atoms with E-state index in [4.69, 9.17) is 16.3 Å². The number of hydrogen-bond acceptors (Lipinski definition) is 2. The zero-order chi connectivity index (χ0) is 14.9. The molecular weight excluding hydrogens is 288 g/mol. The van der Waals surface area contributed by atoms with Crippen LogP contribution in [-0.4, -0.2) is 37.2 Å². The van der Waals surface area contributed by atoms with Crippen LogP contribution in [0.2, 0.25) is 5.02 Å². The largest absolute Gasteiger partial charge is 0.492 e. The van der Waals surface area contributed by atoms with Crippen molar-refractivity contribution in [1.29, 1.82) is 0 Å². The van der Waals surface area contributed by atoms with Crippen molar-refractivity contribution in [2.75, 3.05) is 26.2 Å². The van der Waals surface area contributed by atoms with E-state index in [0.717, 1.165) is 32.4 Å². The molecule has 1 aliphatic heterocycles. The van der Waals surface area contributed by atoms with Crippen molar-refractivity contribution in [3.63, 3.8) is 0 Å². The summed E-state index contributed by atoms with van der Waals surface area (Å²) in [5.41, 5.74) is 0. The Bertz CT molecular complexity index is 446. The summed E-state index contributed by atoms with van der Waals surface area (Å²) in [7, 11) is 0. The number of hydrogen-bond donors (Lipinski definition) is 1. The maximum atomic E-state index is 12.0. The first-order valence-corrected chi connectivity index (χ1v) is 8.05. The van der Waals surface area contributed by atoms with Gasteiger partial charge in [-0.1, -0.05) is 36.6 Å². The van der Waals surface area contributed by atoms with Crippen LogP contribution in [0.5, 0.6) is 5.75 Å². The molecule has 1 N–H and O–H groups in total. The predicted octanol–water partition coefficient (Wildman–Crippen LogP) is 3.69. The molecule has 0 spiro atoms. The highest BCUT2D eigenvalue weighted by molar-refractivity contribution is 6.32. The van der Waals surface area contributed by atoms with Gasteiger partial charge in [0.2, 0.25) is 0 Å². The minimum atomic E-state index is 0.0506. The number of amides is 2. The van der Waals surface area contributed by atoms with Crippen LogP contribution in [0.25, 0.3) is 0 Å². The van der Waals surface area contributed by atoms with Crippen molar-refractivity contribution in [3.05, 3.63) is 29.3 Å². The van der Waals surface area contributed by atoms with Gasteiger partial charge in [0.25, 0.3) is 0 Å². The maximum absolute atomic E-state index is 12.0. The summed E-state index contributed by atoms with van der Waals surface area (Å²) < 4.78 is 5.59. The van der Waals surface area contributed by atoms with E-state index in [1.807, 2.05) is 23.1 Å². The van der Waals surface area contributed by atoms with Crippen LogP contribution in [0.15, 0.2) is 24.3 Å². The molecule has 5 heteroatoms. The molecule has 2 rings (SSSR count). The molecule has 21 heavy (non-hydrogen) atoms. The van der Waals surface area contributed by atoms with Gasteiger partial charge in [0.05, 0.1) is 11.6 Å². The van der Waals surface area contributed by atoms with E-state index in [2.05, 4.69) is 5.32 Å². The molecule has 116 valence electrons. The Morgan fingerprint density at radius 2 is 1.90 bits per heavy atom. The standard InChI is InChI=1S/C16H23ClN2O2/c17-14-8-3-4-9-15(14)21-13-7-10-18-16(20)19-11-5-1-2-6-12-19/h3-4,8-9H,1-2,5-7,10-13H2,(H,18,20). The lowest BCUT2D eigenvalue weighted by molar-refractivity contribution is 0.198. The van der Waals surface area contributed by atoms with Gasteiger partial charge in [0.15, 0.2) is 0 Å². The van der Waals surface area contributed by atoms with E-state index in [9.17, 15) is 4.79 Å². The summed E-state index contributed by atoms with van der Waals surface area (Å²) >= 11 is 6.00. The molecule has 0 saturated carbocycles. The Balaban J connectivity index is 1.61. The average Bonchev–Trinajstić information content (AvgIpc) is 2.77. The van der Waals surface area contributed by atoms with Gasteiger partial charge in [-0.2, -0.15) is 0 Å². The van der Waals surface area contributed by atoms with Crippen molar-refractivity contribution in [2.24, 2.45) is 0 Å². The van der Waals surface area contributed by atoms with E-state index >= 15 is 0 Å². The second-order valence-electron chi connectivity index (χ2n) is 5.27. The fourth-order valence-electron chi connectivity index (χ4n) is 2.40. The van der Waals surface area contributed by atoms with Crippen molar-refractivity contribution in [3.8, 4) is 5.75 Å². The first-order valence-electron chi connectivity index (χ1n) is 7.67. The van der Waals surface area contributed by atoms with Crippen LogP contribution in [0, 0.1) is 0 Å². The molecule has 4 nitrogen and oxygen atoms in total. The summed E-state index contributed by atoms with van der Waals surface area (Å²) in [4.78, 5) is 13.9. The molecule has 2 amide bonds. The number of ether oxygens (including phenoxy) is 1. The fraction of sp³-hybridized carbons (Fsp3) is 0.562. The van der Waals surface area contributed by atoms with Crippen LogP contribution < -0.4 is 10.1 Å². The Morgan fingerprint density at radius 1 is 1.19 bits per heavy atom. The molecule has 0 radical (unpaired) electrons. The van der Waals surface area contributed by atoms with Crippen molar-refractivity contribution < 1.29 is 9.53 Å². The predicted molar refractivity (Wildman–Crippen MR) is 85.0 cm³/mol.